The van der Waals surface area contributed by atoms with Gasteiger partial charge >= 0.3 is 0 Å². The van der Waals surface area contributed by atoms with Gasteiger partial charge in [-0.25, -0.2) is 0 Å². The van der Waals surface area contributed by atoms with Gasteiger partial charge in [0.05, 0.1) is 11.0 Å². The van der Waals surface area contributed by atoms with Crippen LogP contribution in [0.3, 0.4) is 0 Å². The molecule has 0 amide bonds. The van der Waals surface area contributed by atoms with Crippen molar-refractivity contribution in [2.45, 2.75) is 19.9 Å². The molecule has 0 saturated heterocycles. The molecule has 3 heteroatoms. The van der Waals surface area contributed by atoms with Gasteiger partial charge in [0.25, 0.3) is 0 Å². The van der Waals surface area contributed by atoms with E-state index in [1.807, 2.05) is 0 Å². The number of para-hydroxylation sites is 3. The molecule has 0 saturated carbocycles. The highest BCUT2D eigenvalue weighted by Crippen LogP contribution is 2.41. The minimum absolute atomic E-state index is 0.518. The predicted octanol–water partition coefficient (Wildman–Crippen LogP) is 11.6. The Labute approximate surface area is 272 Å². The lowest BCUT2D eigenvalue weighted by Crippen LogP contribution is -2.07. The van der Waals surface area contributed by atoms with Gasteiger partial charge < -0.3 is 13.6 Å². The van der Waals surface area contributed by atoms with E-state index in [0.717, 1.165) is 46.2 Å². The quantitative estimate of drug-likeness (QED) is 0.196. The van der Waals surface area contributed by atoms with Crippen molar-refractivity contribution in [2.24, 2.45) is 5.92 Å². The molecule has 0 bridgehead atoms. The molecule has 0 fully saturated rings. The van der Waals surface area contributed by atoms with Crippen LogP contribution in [-0.4, -0.2) is 9.13 Å². The van der Waals surface area contributed by atoms with Crippen LogP contribution in [0.4, 0.5) is 0 Å². The number of aromatic nitrogens is 2. The lowest BCUT2D eigenvalue weighted by molar-refractivity contribution is 0.670. The minimum Gasteiger partial charge on any atom is -0.455 e. The summed E-state index contributed by atoms with van der Waals surface area (Å²) in [6.45, 7) is 3.17. The van der Waals surface area contributed by atoms with Crippen molar-refractivity contribution in [2.75, 3.05) is 0 Å². The second-order valence-electron chi connectivity index (χ2n) is 13.0. The van der Waals surface area contributed by atoms with Crippen LogP contribution in [0.25, 0.3) is 77.5 Å². The van der Waals surface area contributed by atoms with E-state index in [1.54, 1.807) is 0 Å². The van der Waals surface area contributed by atoms with Crippen molar-refractivity contribution < 1.29 is 4.42 Å². The van der Waals surface area contributed by atoms with Crippen LogP contribution < -0.4 is 0 Å². The Balaban J connectivity index is 1.14. The summed E-state index contributed by atoms with van der Waals surface area (Å²) < 4.78 is 11.6. The molecule has 0 N–H and O–H groups in total. The second-order valence-corrected chi connectivity index (χ2v) is 13.0. The van der Waals surface area contributed by atoms with Crippen molar-refractivity contribution in [3.05, 3.63) is 156 Å². The number of allylic oxidation sites excluding steroid dienone is 1. The van der Waals surface area contributed by atoms with Gasteiger partial charge in [0.1, 0.15) is 11.2 Å². The first kappa shape index (κ1) is 26.4. The van der Waals surface area contributed by atoms with Crippen LogP contribution in [0.15, 0.2) is 144 Å². The zero-order chi connectivity index (χ0) is 31.1. The Morgan fingerprint density at radius 1 is 0.638 bits per heavy atom. The first-order valence-corrected chi connectivity index (χ1v) is 16.5. The largest absolute Gasteiger partial charge is 0.455 e. The molecule has 1 unspecified atom stereocenters. The topological polar surface area (TPSA) is 23.0 Å². The summed E-state index contributed by atoms with van der Waals surface area (Å²) in [5.41, 5.74) is 13.1. The molecule has 10 rings (SSSR count). The molecule has 6 aromatic carbocycles. The normalized spacial score (nSPS) is 14.6. The lowest BCUT2D eigenvalue weighted by Gasteiger charge is -2.15. The fourth-order valence-corrected chi connectivity index (χ4v) is 7.95. The lowest BCUT2D eigenvalue weighted by atomic mass is 9.92. The minimum atomic E-state index is 0.518. The SMILES string of the molecule is CC1C=Cc2c(c3cc(-c4cccc5c4oc4ccc(-n6c7ccccc7c7ccccc76)cc45)ccc3n2Cc2ccccc2)C1. The predicted molar refractivity (Wildman–Crippen MR) is 196 cm³/mol. The molecule has 3 aromatic heterocycles. The van der Waals surface area contributed by atoms with E-state index in [0.29, 0.717) is 5.92 Å². The molecule has 47 heavy (non-hydrogen) atoms. The van der Waals surface area contributed by atoms with E-state index in [1.165, 1.54) is 55.1 Å². The summed E-state index contributed by atoms with van der Waals surface area (Å²) in [6, 6.07) is 48.3. The Kier molecular flexibility index (Phi) is 5.68. The van der Waals surface area contributed by atoms with Gasteiger partial charge in [0.2, 0.25) is 0 Å². The highest BCUT2D eigenvalue weighted by atomic mass is 16.3. The molecule has 0 radical (unpaired) electrons. The summed E-state index contributed by atoms with van der Waals surface area (Å²) in [4.78, 5) is 0. The number of hydrogen-bond acceptors (Lipinski definition) is 1. The van der Waals surface area contributed by atoms with Crippen LogP contribution in [-0.2, 0) is 13.0 Å². The van der Waals surface area contributed by atoms with Gasteiger partial charge in [-0.05, 0) is 77.6 Å². The Morgan fingerprint density at radius 3 is 2.19 bits per heavy atom. The molecule has 1 aliphatic rings. The number of hydrogen-bond donors (Lipinski definition) is 0. The van der Waals surface area contributed by atoms with Gasteiger partial charge in [-0.3, -0.25) is 0 Å². The summed E-state index contributed by atoms with van der Waals surface area (Å²) >= 11 is 0. The zero-order valence-electron chi connectivity index (χ0n) is 26.2. The zero-order valence-corrected chi connectivity index (χ0v) is 26.2. The molecule has 1 atom stereocenters. The average Bonchev–Trinajstić information content (AvgIpc) is 3.76. The number of nitrogens with zero attached hydrogens (tertiary/aromatic N) is 2. The standard InChI is InChI=1S/C44H32N2O/c1-28-18-21-39-36(24-28)37-25-30(19-22-40(37)45(39)27-29-10-3-2-4-11-29)32-14-9-15-35-38-26-31(20-23-43(38)47-44(32)35)46-41-16-7-5-12-33(41)34-13-6-8-17-42(34)46/h2-23,25-26,28H,24,27H2,1H3. The maximum Gasteiger partial charge on any atom is 0.143 e. The van der Waals surface area contributed by atoms with Crippen LogP contribution in [0.2, 0.25) is 0 Å². The smallest absolute Gasteiger partial charge is 0.143 e. The molecule has 0 spiro atoms. The van der Waals surface area contributed by atoms with Gasteiger partial charge in [0, 0.05) is 55.9 Å². The van der Waals surface area contributed by atoms with Crippen LogP contribution in [0, 0.1) is 5.92 Å². The van der Waals surface area contributed by atoms with Crippen LogP contribution in [0.1, 0.15) is 23.7 Å². The van der Waals surface area contributed by atoms with E-state index < -0.39 is 0 Å². The summed E-state index contributed by atoms with van der Waals surface area (Å²) in [5, 5.41) is 6.14. The number of fused-ring (bicyclic) bond motifs is 9. The fraction of sp³-hybridized carbons (Fsp3) is 0.0909. The van der Waals surface area contributed by atoms with E-state index in [4.69, 9.17) is 4.42 Å². The first-order chi connectivity index (χ1) is 23.2. The third-order valence-electron chi connectivity index (χ3n) is 10.1. The summed E-state index contributed by atoms with van der Waals surface area (Å²) in [5.74, 6) is 0.518. The third kappa shape index (κ3) is 3.99. The van der Waals surface area contributed by atoms with E-state index >= 15 is 0 Å². The molecule has 9 aromatic rings. The van der Waals surface area contributed by atoms with E-state index in [-0.39, 0.29) is 0 Å². The Bertz CT molecular complexity index is 2650. The van der Waals surface area contributed by atoms with Crippen molar-refractivity contribution in [1.29, 1.82) is 0 Å². The molecule has 224 valence electrons. The van der Waals surface area contributed by atoms with Crippen molar-refractivity contribution in [3.8, 4) is 16.8 Å². The molecular formula is C44H32N2O. The molecule has 3 nitrogen and oxygen atoms in total. The number of benzene rings is 6. The van der Waals surface area contributed by atoms with Gasteiger partial charge in [0.15, 0.2) is 0 Å². The van der Waals surface area contributed by atoms with E-state index in [2.05, 4.69) is 162 Å². The third-order valence-corrected chi connectivity index (χ3v) is 10.1. The maximum absolute atomic E-state index is 6.69. The summed E-state index contributed by atoms with van der Waals surface area (Å²) in [7, 11) is 0. The Morgan fingerprint density at radius 2 is 1.38 bits per heavy atom. The Hall–Kier alpha value is -5.80. The van der Waals surface area contributed by atoms with Gasteiger partial charge in [-0.15, -0.1) is 0 Å². The van der Waals surface area contributed by atoms with Crippen LogP contribution >= 0.6 is 0 Å². The molecule has 1 aliphatic carbocycles. The molecule has 0 aliphatic heterocycles. The van der Waals surface area contributed by atoms with Crippen molar-refractivity contribution in [1.82, 2.24) is 9.13 Å². The fourth-order valence-electron chi connectivity index (χ4n) is 7.95. The van der Waals surface area contributed by atoms with Crippen molar-refractivity contribution >= 4 is 60.7 Å². The van der Waals surface area contributed by atoms with Gasteiger partial charge in [-0.2, -0.15) is 0 Å². The van der Waals surface area contributed by atoms with Crippen LogP contribution in [0.5, 0.6) is 0 Å². The highest BCUT2D eigenvalue weighted by Gasteiger charge is 2.22. The van der Waals surface area contributed by atoms with E-state index in [9.17, 15) is 0 Å². The average molecular weight is 605 g/mol. The highest BCUT2D eigenvalue weighted by molar-refractivity contribution is 6.12. The number of furan rings is 1. The number of rotatable bonds is 4. The first-order valence-electron chi connectivity index (χ1n) is 16.5. The second kappa shape index (κ2) is 10.1. The summed E-state index contributed by atoms with van der Waals surface area (Å²) in [6.07, 6.45) is 5.74. The van der Waals surface area contributed by atoms with Gasteiger partial charge in [-0.1, -0.05) is 104 Å². The monoisotopic (exact) mass is 604 g/mol. The van der Waals surface area contributed by atoms with Crippen molar-refractivity contribution in [3.63, 3.8) is 0 Å². The maximum atomic E-state index is 6.69. The molecule has 3 heterocycles. The molecular weight excluding hydrogens is 572 g/mol.